The zero-order valence-electron chi connectivity index (χ0n) is 10.4. The van der Waals surface area contributed by atoms with Crippen molar-refractivity contribution in [1.82, 2.24) is 0 Å². The predicted octanol–water partition coefficient (Wildman–Crippen LogP) is 2.19. The first kappa shape index (κ1) is 17.4. The molecule has 5 nitrogen and oxygen atoms in total. The molecule has 0 saturated carbocycles. The minimum Gasteiger partial charge on any atom is -0.493 e. The molecule has 21 heavy (non-hydrogen) atoms. The second-order valence-electron chi connectivity index (χ2n) is 3.80. The first-order valence-corrected chi connectivity index (χ1v) is 6.79. The summed E-state index contributed by atoms with van der Waals surface area (Å²) in [6.45, 7) is -3.33. The Morgan fingerprint density at radius 1 is 1.19 bits per heavy atom. The summed E-state index contributed by atoms with van der Waals surface area (Å²) >= 11 is 0. The highest BCUT2D eigenvalue weighted by molar-refractivity contribution is 7.89. The fraction of sp³-hybridized carbons (Fsp3) is 0.400. The molecule has 0 saturated heterocycles. The molecule has 0 aliphatic heterocycles. The van der Waals surface area contributed by atoms with E-state index in [-0.39, 0.29) is 5.75 Å². The second-order valence-corrected chi connectivity index (χ2v) is 5.45. The largest absolute Gasteiger partial charge is 0.493 e. The van der Waals surface area contributed by atoms with Crippen LogP contribution in [0.2, 0.25) is 0 Å². The highest BCUT2D eigenvalue weighted by atomic mass is 32.2. The molecule has 0 aromatic heterocycles. The van der Waals surface area contributed by atoms with Gasteiger partial charge in [0.1, 0.15) is 0 Å². The van der Waals surface area contributed by atoms with Gasteiger partial charge in [0.25, 0.3) is 0 Å². The Bertz CT molecular complexity index is 602. The lowest BCUT2D eigenvalue weighted by molar-refractivity contribution is -0.131. The summed E-state index contributed by atoms with van der Waals surface area (Å²) in [6.07, 6.45) is -5.22. The summed E-state index contributed by atoms with van der Waals surface area (Å²) in [5.74, 6) is -1.02. The zero-order chi connectivity index (χ0) is 16.4. The van der Waals surface area contributed by atoms with E-state index < -0.39 is 39.4 Å². The van der Waals surface area contributed by atoms with Crippen molar-refractivity contribution in [1.29, 1.82) is 0 Å². The maximum atomic E-state index is 12.8. The van der Waals surface area contributed by atoms with E-state index >= 15 is 0 Å². The molecule has 0 spiro atoms. The number of ether oxygens (including phenoxy) is 2. The van der Waals surface area contributed by atoms with Crippen molar-refractivity contribution in [3.63, 3.8) is 0 Å². The summed E-state index contributed by atoms with van der Waals surface area (Å²) in [4.78, 5) is 0. The van der Waals surface area contributed by atoms with Gasteiger partial charge in [-0.3, -0.25) is 0 Å². The van der Waals surface area contributed by atoms with E-state index in [4.69, 9.17) is 0 Å². The van der Waals surface area contributed by atoms with Crippen LogP contribution in [0.15, 0.2) is 18.2 Å². The maximum Gasteiger partial charge on any atom is 0.410 e. The third kappa shape index (κ3) is 4.43. The van der Waals surface area contributed by atoms with Gasteiger partial charge in [-0.15, -0.1) is 0 Å². The Kier molecular flexibility index (Phi) is 4.99. The lowest BCUT2D eigenvalue weighted by Gasteiger charge is -2.20. The van der Waals surface area contributed by atoms with E-state index in [0.717, 1.165) is 19.2 Å². The highest BCUT2D eigenvalue weighted by Gasteiger charge is 2.48. The van der Waals surface area contributed by atoms with Gasteiger partial charge in [0.05, 0.1) is 7.11 Å². The minimum atomic E-state index is -5.22. The lowest BCUT2D eigenvalue weighted by atomic mass is 10.1. The number of nitrogens with two attached hydrogens (primary N) is 1. The van der Waals surface area contributed by atoms with E-state index in [0.29, 0.717) is 6.07 Å². The molecule has 1 atom stereocenters. The van der Waals surface area contributed by atoms with Crippen LogP contribution in [-0.2, 0) is 10.0 Å². The average Bonchev–Trinajstić information content (AvgIpc) is 2.24. The topological polar surface area (TPSA) is 78.6 Å². The maximum absolute atomic E-state index is 12.8. The average molecular weight is 335 g/mol. The molecule has 0 amide bonds. The highest BCUT2D eigenvalue weighted by Crippen LogP contribution is 2.41. The van der Waals surface area contributed by atoms with Crippen molar-refractivity contribution in [2.24, 2.45) is 5.14 Å². The predicted molar refractivity (Wildman–Crippen MR) is 61.5 cm³/mol. The third-order valence-electron chi connectivity index (χ3n) is 2.33. The molecular weight excluding hydrogens is 325 g/mol. The van der Waals surface area contributed by atoms with E-state index in [1.807, 2.05) is 0 Å². The van der Waals surface area contributed by atoms with Crippen LogP contribution in [0.3, 0.4) is 0 Å². The van der Waals surface area contributed by atoms with Crippen LogP contribution >= 0.6 is 0 Å². The zero-order valence-corrected chi connectivity index (χ0v) is 11.2. The fourth-order valence-corrected chi connectivity index (χ4v) is 2.51. The number of rotatable bonds is 5. The Morgan fingerprint density at radius 2 is 1.76 bits per heavy atom. The van der Waals surface area contributed by atoms with Gasteiger partial charge >= 0.3 is 12.8 Å². The molecule has 120 valence electrons. The molecule has 0 fully saturated rings. The molecule has 2 N–H and O–H groups in total. The third-order valence-corrected chi connectivity index (χ3v) is 3.53. The van der Waals surface area contributed by atoms with Crippen molar-refractivity contribution >= 4 is 10.0 Å². The SMILES string of the molecule is COc1ccc(C(C(F)(F)F)S(N)(=O)=O)cc1OC(F)F. The van der Waals surface area contributed by atoms with E-state index in [1.54, 1.807) is 0 Å². The summed E-state index contributed by atoms with van der Waals surface area (Å²) in [5, 5.41) is 1.49. The molecule has 11 heteroatoms. The smallest absolute Gasteiger partial charge is 0.410 e. The molecule has 1 aromatic rings. The van der Waals surface area contributed by atoms with Crippen LogP contribution in [-0.4, -0.2) is 28.3 Å². The molecule has 1 rings (SSSR count). The van der Waals surface area contributed by atoms with Gasteiger partial charge in [-0.25, -0.2) is 13.6 Å². The molecule has 0 radical (unpaired) electrons. The monoisotopic (exact) mass is 335 g/mol. The van der Waals surface area contributed by atoms with Crippen molar-refractivity contribution in [3.8, 4) is 11.5 Å². The van der Waals surface area contributed by atoms with Crippen molar-refractivity contribution in [3.05, 3.63) is 23.8 Å². The summed E-state index contributed by atoms with van der Waals surface area (Å²) in [7, 11) is -3.97. The van der Waals surface area contributed by atoms with Crippen molar-refractivity contribution < 1.29 is 39.8 Å². The van der Waals surface area contributed by atoms with Crippen LogP contribution in [0.1, 0.15) is 10.8 Å². The van der Waals surface area contributed by atoms with Crippen LogP contribution < -0.4 is 14.6 Å². The second kappa shape index (κ2) is 6.02. The van der Waals surface area contributed by atoms with Gasteiger partial charge in [0.2, 0.25) is 10.0 Å². The van der Waals surface area contributed by atoms with Gasteiger partial charge in [-0.05, 0) is 17.7 Å². The van der Waals surface area contributed by atoms with Gasteiger partial charge < -0.3 is 9.47 Å². The molecular formula is C10H10F5NO4S. The summed E-state index contributed by atoms with van der Waals surface area (Å²) in [6, 6.07) is 2.12. The molecule has 1 unspecified atom stereocenters. The Balaban J connectivity index is 3.41. The Labute approximate surface area is 116 Å². The van der Waals surface area contributed by atoms with Crippen molar-refractivity contribution in [2.45, 2.75) is 18.0 Å². The molecule has 0 aliphatic carbocycles. The van der Waals surface area contributed by atoms with Gasteiger partial charge in [-0.1, -0.05) is 6.07 Å². The van der Waals surface area contributed by atoms with Gasteiger partial charge in [0, 0.05) is 0 Å². The number of primary sulfonamides is 1. The quantitative estimate of drug-likeness (QED) is 0.837. The van der Waals surface area contributed by atoms with Gasteiger partial charge in [0.15, 0.2) is 16.7 Å². The molecule has 1 aromatic carbocycles. The number of hydrogen-bond acceptors (Lipinski definition) is 4. The normalized spacial score (nSPS) is 14.1. The van der Waals surface area contributed by atoms with Crippen molar-refractivity contribution in [2.75, 3.05) is 7.11 Å². The van der Waals surface area contributed by atoms with E-state index in [1.165, 1.54) is 0 Å². The van der Waals surface area contributed by atoms with Crippen LogP contribution in [0.25, 0.3) is 0 Å². The Hall–Kier alpha value is -1.62. The lowest BCUT2D eigenvalue weighted by Crippen LogP contribution is -2.33. The number of halogens is 5. The summed E-state index contributed by atoms with van der Waals surface area (Å²) in [5.41, 5.74) is -0.860. The molecule has 0 aliphatic rings. The molecule has 0 heterocycles. The van der Waals surface area contributed by atoms with E-state index in [9.17, 15) is 30.4 Å². The first-order valence-electron chi connectivity index (χ1n) is 5.18. The van der Waals surface area contributed by atoms with E-state index in [2.05, 4.69) is 14.6 Å². The summed E-state index contributed by atoms with van der Waals surface area (Å²) < 4.78 is 93.6. The number of hydrogen-bond donors (Lipinski definition) is 1. The molecule has 0 bridgehead atoms. The fourth-order valence-electron chi connectivity index (χ4n) is 1.61. The van der Waals surface area contributed by atoms with Crippen LogP contribution in [0.4, 0.5) is 22.0 Å². The standard InChI is InChI=1S/C10H10F5NO4S/c1-19-6-3-2-5(4-7(6)20-9(11)12)8(10(13,14)15)21(16,17)18/h2-4,8-9H,1H3,(H2,16,17,18). The number of sulfonamides is 1. The van der Waals surface area contributed by atoms with Crippen LogP contribution in [0.5, 0.6) is 11.5 Å². The number of benzene rings is 1. The number of alkyl halides is 5. The number of methoxy groups -OCH3 is 1. The first-order chi connectivity index (χ1) is 9.46. The minimum absolute atomic E-state index is 0.283. The Morgan fingerprint density at radius 3 is 2.14 bits per heavy atom. The van der Waals surface area contributed by atoms with Crippen LogP contribution in [0, 0.1) is 0 Å². The van der Waals surface area contributed by atoms with Gasteiger partial charge in [-0.2, -0.15) is 22.0 Å².